The molecule has 2 aromatic rings. The van der Waals surface area contributed by atoms with Crippen molar-refractivity contribution in [3.05, 3.63) is 41.1 Å². The Morgan fingerprint density at radius 2 is 1.79 bits per heavy atom. The molecule has 0 saturated carbocycles. The predicted molar refractivity (Wildman–Crippen MR) is 78.0 cm³/mol. The molecule has 3 heteroatoms. The van der Waals surface area contributed by atoms with Crippen molar-refractivity contribution < 1.29 is 5.11 Å². The molecule has 0 radical (unpaired) electrons. The van der Waals surface area contributed by atoms with Crippen molar-refractivity contribution in [2.24, 2.45) is 0 Å². The first-order valence-corrected chi connectivity index (χ1v) is 7.04. The lowest BCUT2D eigenvalue weighted by Gasteiger charge is -2.10. The van der Waals surface area contributed by atoms with Gasteiger partial charge in [-0.05, 0) is 31.4 Å². The highest BCUT2D eigenvalue weighted by atomic mass is 16.3. The van der Waals surface area contributed by atoms with E-state index in [2.05, 4.69) is 38.0 Å². The Kier molecular flexibility index (Phi) is 4.25. The Balaban J connectivity index is 2.57. The average Bonchev–Trinajstić information content (AvgIpc) is 2.69. The molecule has 19 heavy (non-hydrogen) atoms. The molecule has 0 saturated heterocycles. The molecule has 1 aromatic heterocycles. The summed E-state index contributed by atoms with van der Waals surface area (Å²) in [7, 11) is 0. The van der Waals surface area contributed by atoms with Gasteiger partial charge in [0.2, 0.25) is 5.88 Å². The molecule has 0 atom stereocenters. The highest BCUT2D eigenvalue weighted by Gasteiger charge is 2.17. The van der Waals surface area contributed by atoms with Crippen molar-refractivity contribution in [3.8, 4) is 11.6 Å². The number of aryl methyl sites for hydroxylation is 1. The van der Waals surface area contributed by atoms with Crippen molar-refractivity contribution in [1.82, 2.24) is 9.78 Å². The molecular weight excluding hydrogens is 236 g/mol. The van der Waals surface area contributed by atoms with E-state index in [1.54, 1.807) is 0 Å². The summed E-state index contributed by atoms with van der Waals surface area (Å²) in [5, 5.41) is 14.4. The first-order valence-electron chi connectivity index (χ1n) is 7.04. The summed E-state index contributed by atoms with van der Waals surface area (Å²) in [4.78, 5) is 0. The maximum absolute atomic E-state index is 10.1. The molecule has 0 aliphatic rings. The Morgan fingerprint density at radius 3 is 2.42 bits per heavy atom. The summed E-state index contributed by atoms with van der Waals surface area (Å²) in [5.74, 6) is 0.188. The molecule has 1 aromatic carbocycles. The van der Waals surface area contributed by atoms with Crippen molar-refractivity contribution >= 4 is 0 Å². The van der Waals surface area contributed by atoms with Gasteiger partial charge in [-0.2, -0.15) is 0 Å². The van der Waals surface area contributed by atoms with Crippen LogP contribution in [0.4, 0.5) is 0 Å². The van der Waals surface area contributed by atoms with E-state index >= 15 is 0 Å². The molecule has 0 spiro atoms. The van der Waals surface area contributed by atoms with Gasteiger partial charge in [-0.1, -0.05) is 44.9 Å². The van der Waals surface area contributed by atoms with Crippen LogP contribution in [0.3, 0.4) is 0 Å². The molecule has 1 N–H and O–H groups in total. The van der Waals surface area contributed by atoms with Crippen LogP contribution in [0.2, 0.25) is 0 Å². The van der Waals surface area contributed by atoms with E-state index in [0.717, 1.165) is 42.6 Å². The lowest BCUT2D eigenvalue weighted by molar-refractivity contribution is 0.442. The van der Waals surface area contributed by atoms with Gasteiger partial charge in [0.05, 0.1) is 11.4 Å². The maximum atomic E-state index is 10.1. The van der Waals surface area contributed by atoms with Gasteiger partial charge in [-0.3, -0.25) is 0 Å². The van der Waals surface area contributed by atoms with Gasteiger partial charge in [-0.25, -0.2) is 4.68 Å². The zero-order valence-electron chi connectivity index (χ0n) is 12.0. The Hall–Kier alpha value is -1.77. The summed E-state index contributed by atoms with van der Waals surface area (Å²) in [6.45, 7) is 6.35. The summed E-state index contributed by atoms with van der Waals surface area (Å²) in [5.41, 5.74) is 4.39. The molecule has 1 heterocycles. The van der Waals surface area contributed by atoms with E-state index in [1.807, 2.05) is 16.8 Å². The summed E-state index contributed by atoms with van der Waals surface area (Å²) in [6, 6.07) is 8.16. The highest BCUT2D eigenvalue weighted by Crippen LogP contribution is 2.27. The highest BCUT2D eigenvalue weighted by molar-refractivity contribution is 5.44. The van der Waals surface area contributed by atoms with Crippen LogP contribution in [0.5, 0.6) is 5.88 Å². The number of hydrogen-bond donors (Lipinski definition) is 1. The maximum Gasteiger partial charge on any atom is 0.234 e. The third-order valence-electron chi connectivity index (χ3n) is 3.40. The fourth-order valence-electron chi connectivity index (χ4n) is 2.47. The lowest BCUT2D eigenvalue weighted by Crippen LogP contribution is -2.05. The van der Waals surface area contributed by atoms with Gasteiger partial charge >= 0.3 is 0 Å². The van der Waals surface area contributed by atoms with Gasteiger partial charge in [0.1, 0.15) is 0 Å². The molecular formula is C16H22N2O. The van der Waals surface area contributed by atoms with Gasteiger partial charge in [-0.15, -0.1) is 5.10 Å². The van der Waals surface area contributed by atoms with Crippen LogP contribution in [0, 0.1) is 6.92 Å². The topological polar surface area (TPSA) is 38.1 Å². The van der Waals surface area contributed by atoms with Crippen LogP contribution >= 0.6 is 0 Å². The van der Waals surface area contributed by atoms with Crippen LogP contribution < -0.4 is 0 Å². The fraction of sp³-hybridized carbons (Fsp3) is 0.438. The molecule has 3 nitrogen and oxygen atoms in total. The SMILES string of the molecule is CCCc1c(O)nn(-c2ccccc2C)c1CCC. The Morgan fingerprint density at radius 1 is 1.11 bits per heavy atom. The van der Waals surface area contributed by atoms with Gasteiger partial charge in [0.15, 0.2) is 0 Å². The minimum absolute atomic E-state index is 0.188. The second-order valence-electron chi connectivity index (χ2n) is 4.95. The van der Waals surface area contributed by atoms with Crippen molar-refractivity contribution in [2.75, 3.05) is 0 Å². The van der Waals surface area contributed by atoms with E-state index in [9.17, 15) is 5.11 Å². The number of aromatic nitrogens is 2. The molecule has 2 rings (SSSR count). The van der Waals surface area contributed by atoms with Crippen molar-refractivity contribution in [2.45, 2.75) is 46.5 Å². The van der Waals surface area contributed by atoms with Crippen molar-refractivity contribution in [1.29, 1.82) is 0 Å². The van der Waals surface area contributed by atoms with Crippen LogP contribution in [0.1, 0.15) is 43.5 Å². The van der Waals surface area contributed by atoms with Crippen LogP contribution in [0.15, 0.2) is 24.3 Å². The largest absolute Gasteiger partial charge is 0.492 e. The fourth-order valence-corrected chi connectivity index (χ4v) is 2.47. The number of rotatable bonds is 5. The molecule has 102 valence electrons. The Labute approximate surface area is 114 Å². The minimum atomic E-state index is 0.188. The molecule has 0 amide bonds. The second kappa shape index (κ2) is 5.91. The number of nitrogens with zero attached hydrogens (tertiary/aromatic N) is 2. The summed E-state index contributed by atoms with van der Waals surface area (Å²) < 4.78 is 1.92. The van der Waals surface area contributed by atoms with Crippen molar-refractivity contribution in [3.63, 3.8) is 0 Å². The zero-order chi connectivity index (χ0) is 13.8. The van der Waals surface area contributed by atoms with E-state index in [1.165, 1.54) is 5.56 Å². The minimum Gasteiger partial charge on any atom is -0.492 e. The van der Waals surface area contributed by atoms with Gasteiger partial charge in [0.25, 0.3) is 0 Å². The van der Waals surface area contributed by atoms with E-state index in [0.29, 0.717) is 0 Å². The Bertz CT molecular complexity index is 558. The smallest absolute Gasteiger partial charge is 0.234 e. The summed E-state index contributed by atoms with van der Waals surface area (Å²) in [6.07, 6.45) is 3.89. The first kappa shape index (κ1) is 13.7. The average molecular weight is 258 g/mol. The lowest BCUT2D eigenvalue weighted by atomic mass is 10.1. The van der Waals surface area contributed by atoms with Crippen LogP contribution in [0.25, 0.3) is 5.69 Å². The number of hydrogen-bond acceptors (Lipinski definition) is 2. The van der Waals surface area contributed by atoms with E-state index in [-0.39, 0.29) is 5.88 Å². The zero-order valence-corrected chi connectivity index (χ0v) is 12.0. The standard InChI is InChI=1S/C16H22N2O/c1-4-8-13-15(9-5-2)18(17-16(13)19)14-11-7-6-10-12(14)3/h6-7,10-11H,4-5,8-9H2,1-3H3,(H,17,19). The van der Waals surface area contributed by atoms with E-state index in [4.69, 9.17) is 0 Å². The van der Waals surface area contributed by atoms with Gasteiger partial charge < -0.3 is 5.11 Å². The predicted octanol–water partition coefficient (Wildman–Crippen LogP) is 3.79. The van der Waals surface area contributed by atoms with Crippen LogP contribution in [-0.4, -0.2) is 14.9 Å². The van der Waals surface area contributed by atoms with E-state index < -0.39 is 0 Å². The normalized spacial score (nSPS) is 10.9. The molecule has 0 bridgehead atoms. The number of benzene rings is 1. The second-order valence-corrected chi connectivity index (χ2v) is 4.95. The molecule has 0 fully saturated rings. The third kappa shape index (κ3) is 2.65. The number of aromatic hydroxyl groups is 1. The number of para-hydroxylation sites is 1. The monoisotopic (exact) mass is 258 g/mol. The van der Waals surface area contributed by atoms with Crippen LogP contribution in [-0.2, 0) is 12.8 Å². The summed E-state index contributed by atoms with van der Waals surface area (Å²) >= 11 is 0. The molecule has 0 aliphatic carbocycles. The quantitative estimate of drug-likeness (QED) is 0.886. The first-order chi connectivity index (χ1) is 9.19. The molecule has 0 aliphatic heterocycles. The van der Waals surface area contributed by atoms with Gasteiger partial charge in [0, 0.05) is 5.56 Å². The third-order valence-corrected chi connectivity index (χ3v) is 3.40. The molecule has 0 unspecified atom stereocenters.